The van der Waals surface area contributed by atoms with Gasteiger partial charge in [0.25, 0.3) is 0 Å². The molecule has 0 radical (unpaired) electrons. The highest BCUT2D eigenvalue weighted by Gasteiger charge is 2.30. The molecule has 0 atom stereocenters. The normalized spacial score (nSPS) is 10.5. The van der Waals surface area contributed by atoms with Gasteiger partial charge in [-0.3, -0.25) is 5.43 Å². The average Bonchev–Trinajstić information content (AvgIpc) is 2.53. The molecule has 6 nitrogen and oxygen atoms in total. The average molecular weight is 322 g/mol. The predicted molar refractivity (Wildman–Crippen MR) is 74.8 cm³/mol. The number of hydrogen-bond donors (Lipinski definition) is 1. The summed E-state index contributed by atoms with van der Waals surface area (Å²) in [6.45, 7) is 0. The molecule has 1 aromatic carbocycles. The Kier molecular flexibility index (Phi) is 5.87. The molecule has 1 N–H and O–H groups in total. The zero-order chi connectivity index (χ0) is 17.5. The van der Waals surface area contributed by atoms with Crippen LogP contribution in [0.5, 0.6) is 0 Å². The molecule has 1 aromatic rings. The maximum absolute atomic E-state index is 12.7. The predicted octanol–water partition coefficient (Wildman–Crippen LogP) is 2.71. The number of carbonyl (C=O) groups excluding carboxylic acids is 1. The zero-order valence-corrected chi connectivity index (χ0v) is 11.7. The molecule has 0 heterocycles. The lowest BCUT2D eigenvalue weighted by molar-refractivity contribution is -0.137. The van der Waals surface area contributed by atoms with Gasteiger partial charge in [0.05, 0.1) is 18.4 Å². The molecule has 0 saturated heterocycles. The second kappa shape index (κ2) is 7.61. The topological polar surface area (TPSA) is 98.3 Å². The van der Waals surface area contributed by atoms with Crippen LogP contribution in [0.1, 0.15) is 11.1 Å². The van der Waals surface area contributed by atoms with Crippen LogP contribution in [0, 0.1) is 22.7 Å². The molecule has 0 saturated carbocycles. The van der Waals surface area contributed by atoms with Crippen LogP contribution in [0.3, 0.4) is 0 Å². The number of hydrogen-bond acceptors (Lipinski definition) is 6. The van der Waals surface area contributed by atoms with E-state index in [0.717, 1.165) is 31.4 Å². The molecule has 0 aliphatic heterocycles. The van der Waals surface area contributed by atoms with Crippen LogP contribution in [0.15, 0.2) is 29.4 Å². The van der Waals surface area contributed by atoms with Crippen molar-refractivity contribution in [3.63, 3.8) is 0 Å². The van der Waals surface area contributed by atoms with Gasteiger partial charge in [-0.05, 0) is 23.8 Å². The summed E-state index contributed by atoms with van der Waals surface area (Å²) < 4.78 is 42.6. The number of ether oxygens (including phenoxy) is 1. The van der Waals surface area contributed by atoms with E-state index in [4.69, 9.17) is 10.5 Å². The third-order valence-corrected chi connectivity index (χ3v) is 2.48. The Morgan fingerprint density at radius 3 is 2.52 bits per heavy atom. The molecule has 0 spiro atoms. The Morgan fingerprint density at radius 2 is 2.00 bits per heavy atom. The van der Waals surface area contributed by atoms with Gasteiger partial charge in [0.15, 0.2) is 0 Å². The van der Waals surface area contributed by atoms with E-state index in [1.807, 2.05) is 0 Å². The number of nitriles is 2. The molecule has 0 fully saturated rings. The number of hydrazone groups is 1. The Labute approximate surface area is 129 Å². The summed E-state index contributed by atoms with van der Waals surface area (Å²) in [7, 11) is 1.15. The van der Waals surface area contributed by atoms with Crippen molar-refractivity contribution in [1.82, 2.24) is 0 Å². The van der Waals surface area contributed by atoms with E-state index in [0.29, 0.717) is 0 Å². The van der Waals surface area contributed by atoms with Crippen LogP contribution in [0.25, 0.3) is 6.08 Å². The number of carbonyl (C=O) groups is 1. The van der Waals surface area contributed by atoms with Gasteiger partial charge in [0, 0.05) is 6.08 Å². The maximum atomic E-state index is 12.7. The van der Waals surface area contributed by atoms with E-state index in [1.54, 1.807) is 0 Å². The first kappa shape index (κ1) is 17.7. The number of halogens is 3. The van der Waals surface area contributed by atoms with E-state index < -0.39 is 23.4 Å². The molecule has 23 heavy (non-hydrogen) atoms. The molecule has 1 rings (SSSR count). The van der Waals surface area contributed by atoms with Crippen molar-refractivity contribution in [2.24, 2.45) is 5.10 Å². The number of nitrogens with one attached hydrogen (secondary N) is 1. The smallest absolute Gasteiger partial charge is 0.416 e. The first-order valence-electron chi connectivity index (χ1n) is 5.93. The highest BCUT2D eigenvalue weighted by Crippen LogP contribution is 2.32. The highest BCUT2D eigenvalue weighted by molar-refractivity contribution is 6.10. The minimum absolute atomic E-state index is 0.136. The molecule has 0 unspecified atom stereocenters. The molecule has 118 valence electrons. The van der Waals surface area contributed by atoms with E-state index in [9.17, 15) is 18.0 Å². The monoisotopic (exact) mass is 322 g/mol. The number of benzene rings is 1. The minimum Gasteiger partial charge on any atom is -0.466 e. The fourth-order valence-corrected chi connectivity index (χ4v) is 1.39. The minimum atomic E-state index is -4.59. The highest BCUT2D eigenvalue weighted by atomic mass is 19.4. The van der Waals surface area contributed by atoms with E-state index in [2.05, 4.69) is 15.3 Å². The summed E-state index contributed by atoms with van der Waals surface area (Å²) in [6.07, 6.45) is -2.37. The Morgan fingerprint density at radius 1 is 1.35 bits per heavy atom. The number of rotatable bonds is 4. The fraction of sp³-hybridized carbons (Fsp3) is 0.143. The van der Waals surface area contributed by atoms with Crippen LogP contribution in [-0.4, -0.2) is 18.8 Å². The van der Waals surface area contributed by atoms with Gasteiger partial charge in [0.1, 0.15) is 12.1 Å². The fourth-order valence-electron chi connectivity index (χ4n) is 1.39. The lowest BCUT2D eigenvalue weighted by Gasteiger charge is -2.11. The molecular weight excluding hydrogens is 313 g/mol. The van der Waals surface area contributed by atoms with Crippen molar-refractivity contribution in [3.8, 4) is 12.1 Å². The Hall–Kier alpha value is -3.33. The second-order valence-corrected chi connectivity index (χ2v) is 3.95. The molecule has 0 bridgehead atoms. The van der Waals surface area contributed by atoms with Gasteiger partial charge < -0.3 is 4.74 Å². The van der Waals surface area contributed by atoms with Gasteiger partial charge in [-0.2, -0.15) is 28.8 Å². The SMILES string of the molecule is COC(=O)C=Cc1ccc(C(F)(F)F)cc1NN=C(C#N)C#N. The summed E-state index contributed by atoms with van der Waals surface area (Å²) in [4.78, 5) is 11.1. The molecule has 0 aromatic heterocycles. The standard InChI is InChI=1S/C14H9F3N4O2/c1-23-13(22)5-3-9-2-4-10(14(15,16)17)6-12(9)21-20-11(7-18)8-19/h2-6,21H,1H3. The van der Waals surface area contributed by atoms with Crippen molar-refractivity contribution in [1.29, 1.82) is 10.5 Å². The van der Waals surface area contributed by atoms with Gasteiger partial charge in [-0.1, -0.05) is 6.07 Å². The largest absolute Gasteiger partial charge is 0.466 e. The first-order chi connectivity index (χ1) is 10.8. The van der Waals surface area contributed by atoms with E-state index >= 15 is 0 Å². The van der Waals surface area contributed by atoms with Gasteiger partial charge in [-0.25, -0.2) is 4.79 Å². The third-order valence-electron chi connectivity index (χ3n) is 2.48. The van der Waals surface area contributed by atoms with Crippen molar-refractivity contribution < 1.29 is 22.7 Å². The molecule has 0 amide bonds. The summed E-state index contributed by atoms with van der Waals surface area (Å²) in [5.74, 6) is -0.700. The molecular formula is C14H9F3N4O2. The quantitative estimate of drug-likeness (QED) is 0.398. The third kappa shape index (κ3) is 5.17. The second-order valence-electron chi connectivity index (χ2n) is 3.95. The van der Waals surface area contributed by atoms with Crippen LogP contribution in [0.2, 0.25) is 0 Å². The zero-order valence-electron chi connectivity index (χ0n) is 11.7. The Balaban J connectivity index is 3.27. The van der Waals surface area contributed by atoms with E-state index in [1.165, 1.54) is 18.2 Å². The summed E-state index contributed by atoms with van der Waals surface area (Å²) >= 11 is 0. The number of nitrogens with zero attached hydrogens (tertiary/aromatic N) is 3. The van der Waals surface area contributed by atoms with Crippen molar-refractivity contribution in [2.45, 2.75) is 6.18 Å². The summed E-state index contributed by atoms with van der Waals surface area (Å²) in [6, 6.07) is 5.59. The number of esters is 1. The van der Waals surface area contributed by atoms with Gasteiger partial charge in [-0.15, -0.1) is 0 Å². The van der Waals surface area contributed by atoms with E-state index in [-0.39, 0.29) is 11.3 Å². The lowest BCUT2D eigenvalue weighted by atomic mass is 10.1. The Bertz CT molecular complexity index is 724. The molecule has 0 aliphatic rings. The van der Waals surface area contributed by atoms with Crippen molar-refractivity contribution in [2.75, 3.05) is 12.5 Å². The number of methoxy groups -OCH3 is 1. The summed E-state index contributed by atoms with van der Waals surface area (Å²) in [5, 5.41) is 20.5. The van der Waals surface area contributed by atoms with Gasteiger partial charge >= 0.3 is 12.1 Å². The molecule has 9 heteroatoms. The maximum Gasteiger partial charge on any atom is 0.416 e. The number of anilines is 1. The van der Waals surface area contributed by atoms with Crippen LogP contribution in [0.4, 0.5) is 18.9 Å². The first-order valence-corrected chi connectivity index (χ1v) is 5.93. The van der Waals surface area contributed by atoms with Crippen molar-refractivity contribution >= 4 is 23.4 Å². The summed E-state index contributed by atoms with van der Waals surface area (Å²) in [5.41, 5.74) is 0.734. The van der Waals surface area contributed by atoms with Crippen molar-refractivity contribution in [3.05, 3.63) is 35.4 Å². The lowest BCUT2D eigenvalue weighted by Crippen LogP contribution is -2.06. The van der Waals surface area contributed by atoms with Gasteiger partial charge in [0.2, 0.25) is 5.71 Å². The van der Waals surface area contributed by atoms with Crippen LogP contribution < -0.4 is 5.43 Å². The van der Waals surface area contributed by atoms with Crippen LogP contribution in [-0.2, 0) is 15.7 Å². The molecule has 0 aliphatic carbocycles. The van der Waals surface area contributed by atoms with Crippen LogP contribution >= 0.6 is 0 Å². The number of alkyl halides is 3.